The zero-order chi connectivity index (χ0) is 17.4. The van der Waals surface area contributed by atoms with Crippen LogP contribution in [-0.4, -0.2) is 45.0 Å². The first kappa shape index (κ1) is 16.8. The van der Waals surface area contributed by atoms with E-state index in [9.17, 15) is 19.5 Å². The van der Waals surface area contributed by atoms with Crippen LogP contribution < -0.4 is 11.1 Å². The number of nitrogens with zero attached hydrogens (tertiary/aromatic N) is 1. The number of carboxylic acids is 1. The maximum absolute atomic E-state index is 12.3. The van der Waals surface area contributed by atoms with Gasteiger partial charge in [0.2, 0.25) is 0 Å². The van der Waals surface area contributed by atoms with Gasteiger partial charge in [-0.05, 0) is 0 Å². The molecule has 0 aliphatic carbocycles. The van der Waals surface area contributed by atoms with Gasteiger partial charge in [0, 0.05) is 11.3 Å². The molecule has 5 N–H and O–H groups in total. The van der Waals surface area contributed by atoms with Crippen LogP contribution in [0.2, 0.25) is 0 Å². The fourth-order valence-corrected chi connectivity index (χ4v) is 4.22. The normalized spacial score (nSPS) is 24.1. The molecule has 2 aliphatic heterocycles. The molecule has 0 radical (unpaired) electrons. The summed E-state index contributed by atoms with van der Waals surface area (Å²) in [5.41, 5.74) is 4.37. The van der Waals surface area contributed by atoms with Gasteiger partial charge in [0.05, 0.1) is 5.03 Å². The summed E-state index contributed by atoms with van der Waals surface area (Å²) in [5, 5.41) is 11.5. The number of hydrogen-bond acceptors (Lipinski definition) is 4. The predicted molar refractivity (Wildman–Crippen MR) is 87.6 cm³/mol. The number of halogens is 1. The molecule has 3 rings (SSSR count). The Balaban J connectivity index is 1.71. The van der Waals surface area contributed by atoms with Crippen LogP contribution in [0.15, 0.2) is 41.1 Å². The summed E-state index contributed by atoms with van der Waals surface area (Å²) in [6.07, 6.45) is 0. The quantitative estimate of drug-likeness (QED) is 0.642. The Bertz CT molecular complexity index is 739. The van der Waals surface area contributed by atoms with Crippen LogP contribution in [0.4, 0.5) is 0 Å². The van der Waals surface area contributed by atoms with Gasteiger partial charge in [-0.1, -0.05) is 41.9 Å². The van der Waals surface area contributed by atoms with Crippen molar-refractivity contribution in [2.24, 2.45) is 0 Å². The standard InChI is InChI=1S/C15H14ClN3O4S/c16-8-6-24-14-10(13(21)19(14)11(8)15(22)23)18-12(20)9(17)7-4-2-1-3-5-7/h1-5,9-10,14H,6,17H2,(H,18,20)(H,22,23)/p+1. The van der Waals surface area contributed by atoms with Gasteiger partial charge < -0.3 is 16.2 Å². The van der Waals surface area contributed by atoms with E-state index < -0.39 is 29.3 Å². The fourth-order valence-electron chi connectivity index (χ4n) is 2.67. The first-order chi connectivity index (χ1) is 11.4. The largest absolute Gasteiger partial charge is 0.477 e. The lowest BCUT2D eigenvalue weighted by Crippen LogP contribution is -2.72. The number of β-lactam (4-membered cyclic amide) rings is 1. The maximum Gasteiger partial charge on any atom is 0.353 e. The monoisotopic (exact) mass is 368 g/mol. The minimum Gasteiger partial charge on any atom is -0.477 e. The highest BCUT2D eigenvalue weighted by atomic mass is 35.5. The second kappa shape index (κ2) is 6.46. The second-order valence-electron chi connectivity index (χ2n) is 5.42. The number of carboxylic acid groups (broad SMARTS) is 1. The second-order valence-corrected chi connectivity index (χ2v) is 6.98. The topological polar surface area (TPSA) is 114 Å². The summed E-state index contributed by atoms with van der Waals surface area (Å²) < 4.78 is 0. The summed E-state index contributed by atoms with van der Waals surface area (Å²) in [6, 6.07) is 7.59. The van der Waals surface area contributed by atoms with Gasteiger partial charge in [-0.25, -0.2) is 4.79 Å². The van der Waals surface area contributed by atoms with Crippen molar-refractivity contribution in [2.75, 3.05) is 5.75 Å². The molecule has 7 nitrogen and oxygen atoms in total. The fraction of sp³-hybridized carbons (Fsp3) is 0.267. The van der Waals surface area contributed by atoms with Crippen LogP contribution in [0.3, 0.4) is 0 Å². The molecule has 1 saturated heterocycles. The number of benzene rings is 1. The van der Waals surface area contributed by atoms with Crippen molar-refractivity contribution in [2.45, 2.75) is 17.5 Å². The zero-order valence-corrected chi connectivity index (χ0v) is 14.0. The summed E-state index contributed by atoms with van der Waals surface area (Å²) in [5.74, 6) is -1.81. The van der Waals surface area contributed by atoms with Gasteiger partial charge >= 0.3 is 5.97 Å². The number of quaternary nitrogens is 1. The van der Waals surface area contributed by atoms with Crippen molar-refractivity contribution in [3.8, 4) is 0 Å². The van der Waals surface area contributed by atoms with Gasteiger partial charge in [0.1, 0.15) is 17.1 Å². The van der Waals surface area contributed by atoms with E-state index in [-0.39, 0.29) is 22.4 Å². The molecular formula is C15H15ClN3O4S+. The van der Waals surface area contributed by atoms with E-state index in [1.165, 1.54) is 11.8 Å². The van der Waals surface area contributed by atoms with Crippen molar-refractivity contribution in [1.82, 2.24) is 10.2 Å². The van der Waals surface area contributed by atoms with Crippen LogP contribution in [-0.2, 0) is 14.4 Å². The number of rotatable bonds is 4. The van der Waals surface area contributed by atoms with Crippen molar-refractivity contribution < 1.29 is 25.2 Å². The third-order valence-corrected chi connectivity index (χ3v) is 5.69. The van der Waals surface area contributed by atoms with Crippen LogP contribution in [0.25, 0.3) is 0 Å². The first-order valence-electron chi connectivity index (χ1n) is 7.17. The summed E-state index contributed by atoms with van der Waals surface area (Å²) >= 11 is 7.23. The van der Waals surface area contributed by atoms with Crippen LogP contribution in [0, 0.1) is 0 Å². The molecule has 2 aliphatic rings. The molecule has 1 fully saturated rings. The van der Waals surface area contributed by atoms with Crippen molar-refractivity contribution >= 4 is 41.1 Å². The Labute approximate surface area is 146 Å². The molecule has 3 atom stereocenters. The average Bonchev–Trinajstić information content (AvgIpc) is 2.59. The van der Waals surface area contributed by atoms with Crippen LogP contribution in [0.5, 0.6) is 0 Å². The Hall–Kier alpha value is -2.03. The van der Waals surface area contributed by atoms with Crippen molar-refractivity contribution in [3.63, 3.8) is 0 Å². The predicted octanol–water partition coefficient (Wildman–Crippen LogP) is -0.0955. The third-order valence-electron chi connectivity index (χ3n) is 3.94. The number of amides is 2. The number of aliphatic carboxylic acids is 1. The van der Waals surface area contributed by atoms with E-state index >= 15 is 0 Å². The molecule has 0 saturated carbocycles. The number of fused-ring (bicyclic) bond motifs is 1. The summed E-state index contributed by atoms with van der Waals surface area (Å²) in [6.45, 7) is 0. The van der Waals surface area contributed by atoms with Crippen molar-refractivity contribution in [1.29, 1.82) is 0 Å². The smallest absolute Gasteiger partial charge is 0.353 e. The van der Waals surface area contributed by atoms with Crippen molar-refractivity contribution in [3.05, 3.63) is 46.6 Å². The highest BCUT2D eigenvalue weighted by Crippen LogP contribution is 2.41. The molecule has 1 aromatic carbocycles. The van der Waals surface area contributed by atoms with Gasteiger partial charge in [-0.15, -0.1) is 11.8 Å². The molecule has 0 bridgehead atoms. The van der Waals surface area contributed by atoms with E-state index in [0.29, 0.717) is 0 Å². The highest BCUT2D eigenvalue weighted by molar-refractivity contribution is 8.00. The molecule has 1 aromatic rings. The average molecular weight is 369 g/mol. The molecule has 0 aromatic heterocycles. The molecule has 0 spiro atoms. The highest BCUT2D eigenvalue weighted by Gasteiger charge is 2.54. The number of nitrogens with one attached hydrogen (secondary N) is 1. The van der Waals surface area contributed by atoms with E-state index in [0.717, 1.165) is 10.5 Å². The Kier molecular flexibility index (Phi) is 4.53. The minimum absolute atomic E-state index is 0.126. The Morgan fingerprint density at radius 2 is 2.04 bits per heavy atom. The summed E-state index contributed by atoms with van der Waals surface area (Å²) in [7, 11) is 0. The third kappa shape index (κ3) is 2.77. The summed E-state index contributed by atoms with van der Waals surface area (Å²) in [4.78, 5) is 37.0. The zero-order valence-electron chi connectivity index (χ0n) is 12.4. The van der Waals surface area contributed by atoms with E-state index in [4.69, 9.17) is 11.6 Å². The number of hydrogen-bond donors (Lipinski definition) is 3. The molecular weight excluding hydrogens is 354 g/mol. The van der Waals surface area contributed by atoms with Gasteiger partial charge in [0.15, 0.2) is 6.04 Å². The molecule has 24 heavy (non-hydrogen) atoms. The first-order valence-corrected chi connectivity index (χ1v) is 8.59. The van der Waals surface area contributed by atoms with E-state index in [2.05, 4.69) is 11.1 Å². The Morgan fingerprint density at radius 3 is 2.67 bits per heavy atom. The number of thioether (sulfide) groups is 1. The molecule has 2 heterocycles. The lowest BCUT2D eigenvalue weighted by atomic mass is 10.0. The maximum atomic E-state index is 12.3. The Morgan fingerprint density at radius 1 is 1.38 bits per heavy atom. The number of carbonyl (C=O) groups excluding carboxylic acids is 2. The molecule has 126 valence electrons. The van der Waals surface area contributed by atoms with Gasteiger partial charge in [0.25, 0.3) is 11.8 Å². The lowest BCUT2D eigenvalue weighted by Gasteiger charge is -2.48. The molecule has 9 heteroatoms. The molecule has 3 unspecified atom stereocenters. The SMILES string of the molecule is [NH3+]C(C(=O)NC1C(=O)N2C(C(=O)O)=C(Cl)CSC12)c1ccccc1. The minimum atomic E-state index is -1.25. The van der Waals surface area contributed by atoms with Crippen LogP contribution in [0.1, 0.15) is 11.6 Å². The molecule has 2 amide bonds. The van der Waals surface area contributed by atoms with Crippen LogP contribution >= 0.6 is 23.4 Å². The van der Waals surface area contributed by atoms with Gasteiger partial charge in [-0.2, -0.15) is 0 Å². The lowest BCUT2D eigenvalue weighted by molar-refractivity contribution is -0.409. The van der Waals surface area contributed by atoms with E-state index in [1.807, 2.05) is 6.07 Å². The number of carbonyl (C=O) groups is 3. The van der Waals surface area contributed by atoms with Gasteiger partial charge in [-0.3, -0.25) is 14.5 Å². The van der Waals surface area contributed by atoms with E-state index in [1.54, 1.807) is 24.3 Å².